The molecule has 2 rings (SSSR count). The first kappa shape index (κ1) is 11.6. The lowest BCUT2D eigenvalue weighted by Crippen LogP contribution is -2.11. The van der Waals surface area contributed by atoms with E-state index in [9.17, 15) is 5.11 Å². The van der Waals surface area contributed by atoms with Crippen molar-refractivity contribution in [2.75, 3.05) is 7.11 Å². The summed E-state index contributed by atoms with van der Waals surface area (Å²) in [4.78, 5) is 4.16. The molecule has 0 aliphatic rings. The standard InChI is InChI=1S/C12H15N3O2/c1-3-15-9(6-8-14-15)12(16)11-10(17-2)5-4-7-13-11/h4-8,12,16H,3H2,1-2H3. The molecule has 2 aromatic rings. The third kappa shape index (κ3) is 2.14. The fourth-order valence-electron chi connectivity index (χ4n) is 1.76. The number of ether oxygens (including phenoxy) is 1. The minimum Gasteiger partial charge on any atom is -0.495 e. The van der Waals surface area contributed by atoms with Crippen molar-refractivity contribution >= 4 is 0 Å². The summed E-state index contributed by atoms with van der Waals surface area (Å²) in [6.07, 6.45) is 2.47. The van der Waals surface area contributed by atoms with Gasteiger partial charge >= 0.3 is 0 Å². The zero-order valence-corrected chi connectivity index (χ0v) is 9.87. The molecule has 0 saturated heterocycles. The molecule has 2 heterocycles. The topological polar surface area (TPSA) is 60.2 Å². The lowest BCUT2D eigenvalue weighted by Gasteiger charge is -2.14. The SMILES string of the molecule is CCn1nccc1C(O)c1ncccc1OC. The number of nitrogens with zero attached hydrogens (tertiary/aromatic N) is 3. The van der Waals surface area contributed by atoms with E-state index in [1.807, 2.05) is 6.92 Å². The Labute approximate surface area is 99.7 Å². The van der Waals surface area contributed by atoms with E-state index in [1.165, 1.54) is 0 Å². The molecule has 0 saturated carbocycles. The number of aliphatic hydroxyl groups excluding tert-OH is 1. The number of aryl methyl sites for hydroxylation is 1. The maximum Gasteiger partial charge on any atom is 0.143 e. The molecule has 0 spiro atoms. The summed E-state index contributed by atoms with van der Waals surface area (Å²) in [5.41, 5.74) is 1.22. The fraction of sp³-hybridized carbons (Fsp3) is 0.333. The highest BCUT2D eigenvalue weighted by Crippen LogP contribution is 2.27. The van der Waals surface area contributed by atoms with Gasteiger partial charge in [0.25, 0.3) is 0 Å². The smallest absolute Gasteiger partial charge is 0.143 e. The Kier molecular flexibility index (Phi) is 3.39. The zero-order chi connectivity index (χ0) is 12.3. The maximum absolute atomic E-state index is 10.3. The van der Waals surface area contributed by atoms with Gasteiger partial charge in [0.05, 0.1) is 12.8 Å². The predicted octanol–water partition coefficient (Wildman–Crippen LogP) is 1.39. The van der Waals surface area contributed by atoms with Crippen molar-refractivity contribution in [3.05, 3.63) is 42.0 Å². The second-order valence-electron chi connectivity index (χ2n) is 3.57. The molecule has 0 bridgehead atoms. The number of aromatic nitrogens is 3. The summed E-state index contributed by atoms with van der Waals surface area (Å²) in [6.45, 7) is 2.67. The number of hydrogen-bond donors (Lipinski definition) is 1. The molecular formula is C12H15N3O2. The molecule has 0 aliphatic heterocycles. The molecule has 90 valence electrons. The van der Waals surface area contributed by atoms with Crippen molar-refractivity contribution in [2.45, 2.75) is 19.6 Å². The Hall–Kier alpha value is -1.88. The van der Waals surface area contributed by atoms with Gasteiger partial charge in [0.1, 0.15) is 17.5 Å². The maximum atomic E-state index is 10.3. The van der Waals surface area contributed by atoms with Gasteiger partial charge in [-0.25, -0.2) is 0 Å². The molecule has 0 aliphatic carbocycles. The summed E-state index contributed by atoms with van der Waals surface area (Å²) in [7, 11) is 1.56. The molecule has 0 amide bonds. The molecule has 17 heavy (non-hydrogen) atoms. The third-order valence-electron chi connectivity index (χ3n) is 2.61. The van der Waals surface area contributed by atoms with Crippen LogP contribution in [-0.2, 0) is 6.54 Å². The number of methoxy groups -OCH3 is 1. The normalized spacial score (nSPS) is 12.4. The average molecular weight is 233 g/mol. The first-order chi connectivity index (χ1) is 8.27. The van der Waals surface area contributed by atoms with Crippen molar-refractivity contribution in [1.82, 2.24) is 14.8 Å². The number of rotatable bonds is 4. The Bertz CT molecular complexity index is 496. The first-order valence-electron chi connectivity index (χ1n) is 5.46. The highest BCUT2D eigenvalue weighted by atomic mass is 16.5. The molecule has 2 aromatic heterocycles. The zero-order valence-electron chi connectivity index (χ0n) is 9.87. The molecule has 1 N–H and O–H groups in total. The Morgan fingerprint density at radius 2 is 2.24 bits per heavy atom. The van der Waals surface area contributed by atoms with Gasteiger partial charge in [-0.1, -0.05) is 0 Å². The number of hydrogen-bond acceptors (Lipinski definition) is 4. The molecule has 1 atom stereocenters. The van der Waals surface area contributed by atoms with E-state index in [2.05, 4.69) is 10.1 Å². The van der Waals surface area contributed by atoms with Crippen LogP contribution in [0.5, 0.6) is 5.75 Å². The van der Waals surface area contributed by atoms with Gasteiger partial charge in [-0.3, -0.25) is 9.67 Å². The highest BCUT2D eigenvalue weighted by Gasteiger charge is 2.19. The monoisotopic (exact) mass is 233 g/mol. The van der Waals surface area contributed by atoms with E-state index in [0.29, 0.717) is 23.7 Å². The second kappa shape index (κ2) is 4.97. The number of pyridine rings is 1. The van der Waals surface area contributed by atoms with Gasteiger partial charge in [0, 0.05) is 18.9 Å². The summed E-state index contributed by atoms with van der Waals surface area (Å²) in [5.74, 6) is 0.573. The molecule has 0 radical (unpaired) electrons. The molecule has 5 heteroatoms. The van der Waals surface area contributed by atoms with Gasteiger partial charge in [-0.15, -0.1) is 0 Å². The van der Waals surface area contributed by atoms with Crippen LogP contribution in [0.15, 0.2) is 30.6 Å². The van der Waals surface area contributed by atoms with Gasteiger partial charge in [-0.2, -0.15) is 5.10 Å². The summed E-state index contributed by atoms with van der Waals surface area (Å²) in [6, 6.07) is 5.33. The van der Waals surface area contributed by atoms with Crippen LogP contribution in [0.1, 0.15) is 24.4 Å². The lowest BCUT2D eigenvalue weighted by molar-refractivity contribution is 0.197. The van der Waals surface area contributed by atoms with Crippen molar-refractivity contribution in [3.63, 3.8) is 0 Å². The fourth-order valence-corrected chi connectivity index (χ4v) is 1.76. The quantitative estimate of drug-likeness (QED) is 0.866. The van der Waals surface area contributed by atoms with Gasteiger partial charge in [0.2, 0.25) is 0 Å². The Morgan fingerprint density at radius 3 is 2.94 bits per heavy atom. The summed E-state index contributed by atoms with van der Waals surface area (Å²) < 4.78 is 6.92. The van der Waals surface area contributed by atoms with Gasteiger partial charge < -0.3 is 9.84 Å². The number of aliphatic hydroxyl groups is 1. The Balaban J connectivity index is 2.40. The van der Waals surface area contributed by atoms with Crippen LogP contribution < -0.4 is 4.74 Å². The van der Waals surface area contributed by atoms with Crippen LogP contribution in [0.3, 0.4) is 0 Å². The Morgan fingerprint density at radius 1 is 1.41 bits per heavy atom. The summed E-state index contributed by atoms with van der Waals surface area (Å²) in [5, 5.41) is 14.4. The van der Waals surface area contributed by atoms with Crippen molar-refractivity contribution in [1.29, 1.82) is 0 Å². The van der Waals surface area contributed by atoms with Crippen molar-refractivity contribution in [3.8, 4) is 5.75 Å². The highest BCUT2D eigenvalue weighted by molar-refractivity contribution is 5.32. The van der Waals surface area contributed by atoms with E-state index in [4.69, 9.17) is 4.74 Å². The van der Waals surface area contributed by atoms with Crippen LogP contribution in [0.2, 0.25) is 0 Å². The van der Waals surface area contributed by atoms with Crippen LogP contribution in [0.25, 0.3) is 0 Å². The average Bonchev–Trinajstić information content (AvgIpc) is 2.86. The van der Waals surface area contributed by atoms with Crippen molar-refractivity contribution < 1.29 is 9.84 Å². The molecular weight excluding hydrogens is 218 g/mol. The van der Waals surface area contributed by atoms with Gasteiger partial charge in [0.15, 0.2) is 0 Å². The second-order valence-corrected chi connectivity index (χ2v) is 3.57. The molecule has 0 fully saturated rings. The van der Waals surface area contributed by atoms with Crippen LogP contribution in [0, 0.1) is 0 Å². The summed E-state index contributed by atoms with van der Waals surface area (Å²) >= 11 is 0. The van der Waals surface area contributed by atoms with E-state index >= 15 is 0 Å². The molecule has 1 unspecified atom stereocenters. The molecule has 0 aromatic carbocycles. The minimum absolute atomic E-state index is 0.505. The predicted molar refractivity (Wildman–Crippen MR) is 62.8 cm³/mol. The van der Waals surface area contributed by atoms with E-state index in [-0.39, 0.29) is 0 Å². The minimum atomic E-state index is -0.825. The largest absolute Gasteiger partial charge is 0.495 e. The van der Waals surface area contributed by atoms with E-state index in [1.54, 1.807) is 42.4 Å². The van der Waals surface area contributed by atoms with Crippen molar-refractivity contribution in [2.24, 2.45) is 0 Å². The van der Waals surface area contributed by atoms with Gasteiger partial charge in [-0.05, 0) is 25.1 Å². The first-order valence-corrected chi connectivity index (χ1v) is 5.46. The van der Waals surface area contributed by atoms with E-state index in [0.717, 1.165) is 0 Å². The van der Waals surface area contributed by atoms with Crippen LogP contribution >= 0.6 is 0 Å². The molecule has 5 nitrogen and oxygen atoms in total. The lowest BCUT2D eigenvalue weighted by atomic mass is 10.1. The van der Waals surface area contributed by atoms with E-state index < -0.39 is 6.10 Å². The van der Waals surface area contributed by atoms with Crippen LogP contribution in [0.4, 0.5) is 0 Å². The van der Waals surface area contributed by atoms with Crippen LogP contribution in [-0.4, -0.2) is 27.0 Å². The third-order valence-corrected chi connectivity index (χ3v) is 2.61.